The zero-order chi connectivity index (χ0) is 11.8. The van der Waals surface area contributed by atoms with E-state index >= 15 is 0 Å². The molecule has 1 atom stereocenters. The first-order chi connectivity index (χ1) is 7.77. The topological polar surface area (TPSA) is 62.2 Å². The van der Waals surface area contributed by atoms with Crippen LogP contribution in [0.2, 0.25) is 0 Å². The number of aromatic nitrogens is 1. The van der Waals surface area contributed by atoms with Gasteiger partial charge in [0.1, 0.15) is 0 Å². The van der Waals surface area contributed by atoms with Gasteiger partial charge in [-0.05, 0) is 24.5 Å². The van der Waals surface area contributed by atoms with Crippen molar-refractivity contribution in [2.24, 2.45) is 5.92 Å². The maximum Gasteiger partial charge on any atom is 0.246 e. The molecule has 0 saturated carbocycles. The van der Waals surface area contributed by atoms with Gasteiger partial charge in [0.2, 0.25) is 5.91 Å². The van der Waals surface area contributed by atoms with E-state index in [1.165, 1.54) is 0 Å². The molecule has 0 radical (unpaired) electrons. The molecule has 0 aliphatic heterocycles. The predicted octanol–water partition coefficient (Wildman–Crippen LogP) is 1.94. The zero-order valence-corrected chi connectivity index (χ0v) is 9.52. The van der Waals surface area contributed by atoms with Crippen molar-refractivity contribution < 1.29 is 10.0 Å². The molecule has 1 amide bonds. The molecule has 0 bridgehead atoms. The third kappa shape index (κ3) is 3.98. The molecule has 4 heteroatoms. The van der Waals surface area contributed by atoms with Crippen LogP contribution in [0.3, 0.4) is 0 Å². The van der Waals surface area contributed by atoms with E-state index in [0.29, 0.717) is 6.42 Å². The van der Waals surface area contributed by atoms with Crippen molar-refractivity contribution in [1.29, 1.82) is 0 Å². The summed E-state index contributed by atoms with van der Waals surface area (Å²) >= 11 is 0. The highest BCUT2D eigenvalue weighted by Crippen LogP contribution is 2.14. The minimum absolute atomic E-state index is 0.172. The van der Waals surface area contributed by atoms with Crippen LogP contribution < -0.4 is 5.48 Å². The Balaban J connectivity index is 2.59. The van der Waals surface area contributed by atoms with Gasteiger partial charge in [0, 0.05) is 18.3 Å². The zero-order valence-electron chi connectivity index (χ0n) is 9.52. The second-order valence-corrected chi connectivity index (χ2v) is 3.88. The number of pyridine rings is 1. The molecule has 4 nitrogen and oxygen atoms in total. The minimum atomic E-state index is -0.308. The highest BCUT2D eigenvalue weighted by molar-refractivity contribution is 5.77. The van der Waals surface area contributed by atoms with Gasteiger partial charge in [-0.1, -0.05) is 25.8 Å². The first kappa shape index (κ1) is 12.6. The van der Waals surface area contributed by atoms with Crippen LogP contribution >= 0.6 is 0 Å². The summed E-state index contributed by atoms with van der Waals surface area (Å²) < 4.78 is 0. The minimum Gasteiger partial charge on any atom is -0.289 e. The van der Waals surface area contributed by atoms with Gasteiger partial charge in [-0.3, -0.25) is 15.0 Å². The fraction of sp³-hybridized carbons (Fsp3) is 0.500. The average Bonchev–Trinajstić information content (AvgIpc) is 2.34. The third-order valence-electron chi connectivity index (χ3n) is 2.59. The molecule has 0 saturated heterocycles. The van der Waals surface area contributed by atoms with E-state index in [1.54, 1.807) is 17.9 Å². The molecule has 0 aliphatic rings. The van der Waals surface area contributed by atoms with Crippen molar-refractivity contribution >= 4 is 5.91 Å². The number of amides is 1. The molecule has 1 aromatic rings. The Bertz CT molecular complexity index is 314. The summed E-state index contributed by atoms with van der Waals surface area (Å²) in [4.78, 5) is 15.4. The van der Waals surface area contributed by atoms with Crippen LogP contribution in [0.1, 0.15) is 31.7 Å². The number of nitrogens with one attached hydrogen (secondary N) is 1. The normalized spacial score (nSPS) is 12.1. The SMILES string of the molecule is CCCCC(Cc1cccnc1)C(=O)NO. The van der Waals surface area contributed by atoms with Crippen molar-refractivity contribution in [3.63, 3.8) is 0 Å². The van der Waals surface area contributed by atoms with Crippen molar-refractivity contribution in [3.05, 3.63) is 30.1 Å². The number of hydrogen-bond donors (Lipinski definition) is 2. The lowest BCUT2D eigenvalue weighted by Crippen LogP contribution is -2.29. The maximum absolute atomic E-state index is 11.4. The van der Waals surface area contributed by atoms with Crippen LogP contribution in [0.4, 0.5) is 0 Å². The van der Waals surface area contributed by atoms with Crippen LogP contribution in [0, 0.1) is 5.92 Å². The van der Waals surface area contributed by atoms with Gasteiger partial charge in [-0.25, -0.2) is 5.48 Å². The number of rotatable bonds is 6. The van der Waals surface area contributed by atoms with E-state index in [2.05, 4.69) is 11.9 Å². The summed E-state index contributed by atoms with van der Waals surface area (Å²) in [7, 11) is 0. The Kier molecular flexibility index (Phi) is 5.50. The van der Waals surface area contributed by atoms with Gasteiger partial charge in [-0.15, -0.1) is 0 Å². The van der Waals surface area contributed by atoms with E-state index in [4.69, 9.17) is 5.21 Å². The van der Waals surface area contributed by atoms with Crippen molar-refractivity contribution in [3.8, 4) is 0 Å². The fourth-order valence-corrected chi connectivity index (χ4v) is 1.67. The maximum atomic E-state index is 11.4. The Labute approximate surface area is 95.7 Å². The first-order valence-electron chi connectivity index (χ1n) is 5.60. The second kappa shape index (κ2) is 6.95. The van der Waals surface area contributed by atoms with Gasteiger partial charge in [-0.2, -0.15) is 0 Å². The lowest BCUT2D eigenvalue weighted by atomic mass is 9.94. The number of unbranched alkanes of at least 4 members (excludes halogenated alkanes) is 1. The van der Waals surface area contributed by atoms with E-state index in [9.17, 15) is 4.79 Å². The molecule has 0 aliphatic carbocycles. The smallest absolute Gasteiger partial charge is 0.246 e. The molecule has 16 heavy (non-hydrogen) atoms. The van der Waals surface area contributed by atoms with Crippen LogP contribution in [0.25, 0.3) is 0 Å². The highest BCUT2D eigenvalue weighted by atomic mass is 16.5. The molecule has 0 aromatic carbocycles. The first-order valence-corrected chi connectivity index (χ1v) is 5.60. The largest absolute Gasteiger partial charge is 0.289 e. The number of carbonyl (C=O) groups excluding carboxylic acids is 1. The van der Waals surface area contributed by atoms with E-state index in [0.717, 1.165) is 24.8 Å². The third-order valence-corrected chi connectivity index (χ3v) is 2.59. The summed E-state index contributed by atoms with van der Waals surface area (Å²) in [6.45, 7) is 2.08. The van der Waals surface area contributed by atoms with Crippen molar-refractivity contribution in [2.75, 3.05) is 0 Å². The van der Waals surface area contributed by atoms with Crippen LogP contribution in [0.5, 0.6) is 0 Å². The predicted molar refractivity (Wildman–Crippen MR) is 60.9 cm³/mol. The standard InChI is InChI=1S/C12H18N2O2/c1-2-3-6-11(12(15)14-16)8-10-5-4-7-13-9-10/h4-5,7,9,11,16H,2-3,6,8H2,1H3,(H,14,15). The van der Waals surface area contributed by atoms with E-state index in [1.807, 2.05) is 12.1 Å². The van der Waals surface area contributed by atoms with Crippen molar-refractivity contribution in [1.82, 2.24) is 10.5 Å². The number of nitrogens with zero attached hydrogens (tertiary/aromatic N) is 1. The van der Waals surface area contributed by atoms with Gasteiger partial charge >= 0.3 is 0 Å². The molecule has 0 fully saturated rings. The number of hydroxylamine groups is 1. The molecular formula is C12H18N2O2. The summed E-state index contributed by atoms with van der Waals surface area (Å²) in [6.07, 6.45) is 6.90. The van der Waals surface area contributed by atoms with Crippen LogP contribution in [-0.4, -0.2) is 16.1 Å². The van der Waals surface area contributed by atoms with Crippen LogP contribution in [-0.2, 0) is 11.2 Å². The quantitative estimate of drug-likeness (QED) is 0.571. The molecule has 0 spiro atoms. The second-order valence-electron chi connectivity index (χ2n) is 3.88. The van der Waals surface area contributed by atoms with E-state index in [-0.39, 0.29) is 11.8 Å². The van der Waals surface area contributed by atoms with Gasteiger partial charge < -0.3 is 0 Å². The summed E-state index contributed by atoms with van der Waals surface area (Å²) in [6, 6.07) is 3.79. The summed E-state index contributed by atoms with van der Waals surface area (Å²) in [5, 5.41) is 8.67. The Morgan fingerprint density at radius 1 is 1.62 bits per heavy atom. The monoisotopic (exact) mass is 222 g/mol. The van der Waals surface area contributed by atoms with Gasteiger partial charge in [0.05, 0.1) is 0 Å². The summed E-state index contributed by atoms with van der Waals surface area (Å²) in [5.41, 5.74) is 2.76. The molecule has 1 rings (SSSR count). The molecule has 1 unspecified atom stereocenters. The molecular weight excluding hydrogens is 204 g/mol. The lowest BCUT2D eigenvalue weighted by Gasteiger charge is -2.13. The van der Waals surface area contributed by atoms with Gasteiger partial charge in [0.25, 0.3) is 0 Å². The van der Waals surface area contributed by atoms with Crippen molar-refractivity contribution in [2.45, 2.75) is 32.6 Å². The fourth-order valence-electron chi connectivity index (χ4n) is 1.67. The van der Waals surface area contributed by atoms with Crippen LogP contribution in [0.15, 0.2) is 24.5 Å². The molecule has 1 aromatic heterocycles. The summed E-state index contributed by atoms with van der Waals surface area (Å²) in [5.74, 6) is -0.480. The lowest BCUT2D eigenvalue weighted by molar-refractivity contribution is -0.133. The highest BCUT2D eigenvalue weighted by Gasteiger charge is 2.17. The Hall–Kier alpha value is -1.42. The average molecular weight is 222 g/mol. The Morgan fingerprint density at radius 3 is 3.00 bits per heavy atom. The molecule has 2 N–H and O–H groups in total. The molecule has 1 heterocycles. The Morgan fingerprint density at radius 2 is 2.44 bits per heavy atom. The van der Waals surface area contributed by atoms with Gasteiger partial charge in [0.15, 0.2) is 0 Å². The number of carbonyl (C=O) groups is 1. The van der Waals surface area contributed by atoms with E-state index < -0.39 is 0 Å². The molecule has 88 valence electrons. The number of hydrogen-bond acceptors (Lipinski definition) is 3.